The van der Waals surface area contributed by atoms with Crippen molar-refractivity contribution in [1.29, 1.82) is 0 Å². The average Bonchev–Trinajstić information content (AvgIpc) is 2.13. The quantitative estimate of drug-likeness (QED) is 0.477. The lowest BCUT2D eigenvalue weighted by Crippen LogP contribution is -2.00. The smallest absolute Gasteiger partial charge is 0.273 e. The number of hydrogen-bond acceptors (Lipinski definition) is 4. The Hall–Kier alpha value is -0.780. The van der Waals surface area contributed by atoms with E-state index in [-0.39, 0.29) is 18.7 Å². The van der Waals surface area contributed by atoms with Gasteiger partial charge in [-0.3, -0.25) is 10.1 Å². The van der Waals surface area contributed by atoms with Crippen LogP contribution < -0.4 is 0 Å². The molecule has 1 aromatic rings. The van der Waals surface area contributed by atoms with Crippen LogP contribution in [0.1, 0.15) is 5.56 Å². The van der Waals surface area contributed by atoms with Crippen LogP contribution in [0.15, 0.2) is 17.0 Å². The van der Waals surface area contributed by atoms with Gasteiger partial charge in [-0.2, -0.15) is 0 Å². The van der Waals surface area contributed by atoms with Gasteiger partial charge in [0.15, 0.2) is 0 Å². The average molecular weight is 234 g/mol. The fourth-order valence-corrected chi connectivity index (χ4v) is 1.60. The lowest BCUT2D eigenvalue weighted by atomic mass is 10.1. The molecule has 0 heterocycles. The summed E-state index contributed by atoms with van der Waals surface area (Å²) in [6, 6.07) is 2.73. The number of aliphatic hydroxyl groups excluding tert-OH is 1. The van der Waals surface area contributed by atoms with E-state index in [0.717, 1.165) is 0 Å². The van der Waals surface area contributed by atoms with Crippen LogP contribution in [0.25, 0.3) is 0 Å². The van der Waals surface area contributed by atoms with Crippen molar-refractivity contribution in [3.63, 3.8) is 0 Å². The molecular formula is C8H8ClNO3S. The molecular weight excluding hydrogens is 226 g/mol. The standard InChI is InChI=1S/C8H8ClNO3S/c9-6-1-2-7(10(12)13)5(3-4-11)8(6)14/h1-2,11,14H,3-4H2. The second-order valence-corrected chi connectivity index (χ2v) is 3.48. The highest BCUT2D eigenvalue weighted by Gasteiger charge is 2.17. The molecule has 76 valence electrons. The van der Waals surface area contributed by atoms with E-state index in [2.05, 4.69) is 12.6 Å². The molecule has 0 aliphatic rings. The highest BCUT2D eigenvalue weighted by molar-refractivity contribution is 7.80. The van der Waals surface area contributed by atoms with E-state index in [4.69, 9.17) is 16.7 Å². The number of nitrogens with zero attached hydrogens (tertiary/aromatic N) is 1. The molecule has 0 saturated heterocycles. The zero-order valence-corrected chi connectivity index (χ0v) is 8.76. The number of nitro groups is 1. The zero-order valence-electron chi connectivity index (χ0n) is 7.11. The SMILES string of the molecule is O=[N+]([O-])c1ccc(Cl)c(S)c1CCO. The summed E-state index contributed by atoms with van der Waals surface area (Å²) in [5, 5.41) is 19.7. The molecule has 0 bridgehead atoms. The van der Waals surface area contributed by atoms with Crippen molar-refractivity contribution in [1.82, 2.24) is 0 Å². The third kappa shape index (κ3) is 2.17. The number of thiol groups is 1. The third-order valence-corrected chi connectivity index (χ3v) is 2.72. The summed E-state index contributed by atoms with van der Waals surface area (Å²) in [7, 11) is 0. The summed E-state index contributed by atoms with van der Waals surface area (Å²) in [4.78, 5) is 10.5. The van der Waals surface area contributed by atoms with Crippen LogP contribution in [0.3, 0.4) is 0 Å². The molecule has 6 heteroatoms. The Labute approximate surface area is 91.1 Å². The Balaban J connectivity index is 3.29. The Morgan fingerprint density at radius 3 is 2.71 bits per heavy atom. The van der Waals surface area contributed by atoms with Crippen LogP contribution >= 0.6 is 24.2 Å². The molecule has 0 fully saturated rings. The lowest BCUT2D eigenvalue weighted by Gasteiger charge is -2.05. The van der Waals surface area contributed by atoms with E-state index in [1.54, 1.807) is 0 Å². The first-order valence-electron chi connectivity index (χ1n) is 3.83. The van der Waals surface area contributed by atoms with Crippen LogP contribution in [0, 0.1) is 10.1 Å². The molecule has 0 aliphatic carbocycles. The van der Waals surface area contributed by atoms with Gasteiger partial charge in [-0.1, -0.05) is 11.6 Å². The van der Waals surface area contributed by atoms with E-state index in [0.29, 0.717) is 15.5 Å². The molecule has 0 radical (unpaired) electrons. The maximum Gasteiger partial charge on any atom is 0.273 e. The van der Waals surface area contributed by atoms with Crippen molar-refractivity contribution in [2.75, 3.05) is 6.61 Å². The Morgan fingerprint density at radius 1 is 1.57 bits per heavy atom. The Morgan fingerprint density at radius 2 is 2.21 bits per heavy atom. The van der Waals surface area contributed by atoms with Crippen LogP contribution in [-0.2, 0) is 6.42 Å². The second-order valence-electron chi connectivity index (χ2n) is 2.62. The van der Waals surface area contributed by atoms with Crippen molar-refractivity contribution in [2.45, 2.75) is 11.3 Å². The van der Waals surface area contributed by atoms with Crippen molar-refractivity contribution >= 4 is 29.9 Å². The number of aliphatic hydroxyl groups is 1. The summed E-state index contributed by atoms with van der Waals surface area (Å²) < 4.78 is 0. The molecule has 14 heavy (non-hydrogen) atoms. The van der Waals surface area contributed by atoms with Gasteiger partial charge in [0.2, 0.25) is 0 Å². The van der Waals surface area contributed by atoms with Gasteiger partial charge in [0.05, 0.1) is 9.95 Å². The van der Waals surface area contributed by atoms with E-state index in [1.165, 1.54) is 12.1 Å². The number of benzene rings is 1. The zero-order chi connectivity index (χ0) is 10.7. The van der Waals surface area contributed by atoms with Crippen molar-refractivity contribution in [3.05, 3.63) is 32.8 Å². The highest BCUT2D eigenvalue weighted by Crippen LogP contribution is 2.31. The molecule has 1 N–H and O–H groups in total. The van der Waals surface area contributed by atoms with E-state index in [1.807, 2.05) is 0 Å². The van der Waals surface area contributed by atoms with Gasteiger partial charge in [0.25, 0.3) is 5.69 Å². The number of rotatable bonds is 3. The maximum atomic E-state index is 10.6. The minimum atomic E-state index is -0.513. The summed E-state index contributed by atoms with van der Waals surface area (Å²) in [5.74, 6) is 0. The van der Waals surface area contributed by atoms with E-state index < -0.39 is 4.92 Å². The topological polar surface area (TPSA) is 63.4 Å². The normalized spacial score (nSPS) is 10.2. The van der Waals surface area contributed by atoms with Gasteiger partial charge < -0.3 is 5.11 Å². The van der Waals surface area contributed by atoms with Crippen LogP contribution in [0.4, 0.5) is 5.69 Å². The molecule has 0 atom stereocenters. The predicted molar refractivity (Wildman–Crippen MR) is 56.1 cm³/mol. The molecule has 0 unspecified atom stereocenters. The largest absolute Gasteiger partial charge is 0.396 e. The van der Waals surface area contributed by atoms with Crippen LogP contribution in [0.2, 0.25) is 5.02 Å². The first-order valence-corrected chi connectivity index (χ1v) is 4.66. The highest BCUT2D eigenvalue weighted by atomic mass is 35.5. The van der Waals surface area contributed by atoms with Gasteiger partial charge in [0, 0.05) is 29.6 Å². The molecule has 4 nitrogen and oxygen atoms in total. The summed E-state index contributed by atoms with van der Waals surface area (Å²) in [6.45, 7) is -0.172. The van der Waals surface area contributed by atoms with Gasteiger partial charge in [-0.25, -0.2) is 0 Å². The molecule has 0 spiro atoms. The summed E-state index contributed by atoms with van der Waals surface area (Å²) in [6.07, 6.45) is 0.176. The molecule has 0 aliphatic heterocycles. The monoisotopic (exact) mass is 233 g/mol. The first-order chi connectivity index (χ1) is 6.57. The minimum Gasteiger partial charge on any atom is -0.396 e. The maximum absolute atomic E-state index is 10.6. The first kappa shape index (κ1) is 11.3. The number of hydrogen-bond donors (Lipinski definition) is 2. The van der Waals surface area contributed by atoms with Crippen LogP contribution in [0.5, 0.6) is 0 Å². The summed E-state index contributed by atoms with van der Waals surface area (Å²) in [5.41, 5.74) is 0.307. The van der Waals surface area contributed by atoms with Gasteiger partial charge in [0.1, 0.15) is 0 Å². The van der Waals surface area contributed by atoms with Crippen molar-refractivity contribution < 1.29 is 10.0 Å². The van der Waals surface area contributed by atoms with E-state index >= 15 is 0 Å². The lowest BCUT2D eigenvalue weighted by molar-refractivity contribution is -0.385. The minimum absolute atomic E-state index is 0.0616. The predicted octanol–water partition coefficient (Wildman–Crippen LogP) is 2.07. The molecule has 0 aromatic heterocycles. The summed E-state index contributed by atoms with van der Waals surface area (Å²) >= 11 is 9.81. The van der Waals surface area contributed by atoms with E-state index in [9.17, 15) is 10.1 Å². The third-order valence-electron chi connectivity index (χ3n) is 1.77. The Bertz CT molecular complexity index is 370. The van der Waals surface area contributed by atoms with Gasteiger partial charge >= 0.3 is 0 Å². The fraction of sp³-hybridized carbons (Fsp3) is 0.250. The number of halogens is 1. The van der Waals surface area contributed by atoms with Gasteiger partial charge in [-0.15, -0.1) is 12.6 Å². The van der Waals surface area contributed by atoms with Crippen LogP contribution in [-0.4, -0.2) is 16.6 Å². The molecule has 1 rings (SSSR count). The Kier molecular flexibility index (Phi) is 3.74. The second kappa shape index (κ2) is 4.63. The fourth-order valence-electron chi connectivity index (χ4n) is 1.13. The van der Waals surface area contributed by atoms with Crippen molar-refractivity contribution in [3.8, 4) is 0 Å². The number of nitro benzene ring substituents is 1. The molecule has 0 saturated carbocycles. The van der Waals surface area contributed by atoms with Gasteiger partial charge in [-0.05, 0) is 6.07 Å². The van der Waals surface area contributed by atoms with Crippen molar-refractivity contribution in [2.24, 2.45) is 0 Å². The molecule has 1 aromatic carbocycles. The molecule has 0 amide bonds.